The third kappa shape index (κ3) is 4.77. The van der Waals surface area contributed by atoms with E-state index >= 15 is 0 Å². The topological polar surface area (TPSA) is 111 Å². The Balaban J connectivity index is 2.01. The second-order valence-corrected chi connectivity index (χ2v) is 7.27. The molecule has 0 fully saturated rings. The summed E-state index contributed by atoms with van der Waals surface area (Å²) < 4.78 is 11.5. The summed E-state index contributed by atoms with van der Waals surface area (Å²) in [5.41, 5.74) is 0.726. The van der Waals surface area contributed by atoms with Crippen molar-refractivity contribution >= 4 is 62.9 Å². The number of nitrogens with one attached hydrogen (secondary N) is 2. The summed E-state index contributed by atoms with van der Waals surface area (Å²) in [6.07, 6.45) is 1.22. The Kier molecular flexibility index (Phi) is 6.54. The third-order valence-corrected chi connectivity index (χ3v) is 4.85. The van der Waals surface area contributed by atoms with E-state index in [1.54, 1.807) is 18.2 Å². The minimum atomic E-state index is -0.561. The molecule has 0 aliphatic heterocycles. The predicted molar refractivity (Wildman–Crippen MR) is 119 cm³/mol. The fourth-order valence-electron chi connectivity index (χ4n) is 2.49. The van der Waals surface area contributed by atoms with Gasteiger partial charge in [-0.3, -0.25) is 10.1 Å². The standard InChI is InChI=1S/C18H15ClIN5O4/c1-28-14-8-15(29-2)13(7-12(14)19)24-18-16(25(26)27)17(21-9-22-18)23-11-5-3-10(20)4-6-11/h3-9H,1-2H3,(H2,21,22,23,24). The lowest BCUT2D eigenvalue weighted by atomic mass is 10.2. The van der Waals surface area contributed by atoms with E-state index in [0.29, 0.717) is 27.9 Å². The average molecular weight is 528 g/mol. The van der Waals surface area contributed by atoms with E-state index in [0.717, 1.165) is 3.57 Å². The molecule has 3 rings (SSSR count). The van der Waals surface area contributed by atoms with Gasteiger partial charge in [0.15, 0.2) is 0 Å². The Morgan fingerprint density at radius 1 is 1.03 bits per heavy atom. The minimum Gasteiger partial charge on any atom is -0.495 e. The van der Waals surface area contributed by atoms with Crippen LogP contribution in [0.3, 0.4) is 0 Å². The highest BCUT2D eigenvalue weighted by molar-refractivity contribution is 14.1. The molecule has 0 spiro atoms. The van der Waals surface area contributed by atoms with Gasteiger partial charge in [0.2, 0.25) is 11.6 Å². The fraction of sp³-hybridized carbons (Fsp3) is 0.111. The van der Waals surface area contributed by atoms with Crippen LogP contribution in [0.15, 0.2) is 42.7 Å². The van der Waals surface area contributed by atoms with Gasteiger partial charge in [-0.2, -0.15) is 0 Å². The summed E-state index contributed by atoms with van der Waals surface area (Å²) in [7, 11) is 2.94. The van der Waals surface area contributed by atoms with E-state index in [-0.39, 0.29) is 17.3 Å². The van der Waals surface area contributed by atoms with Crippen LogP contribution in [0.25, 0.3) is 0 Å². The first kappa shape index (κ1) is 20.9. The molecule has 0 unspecified atom stereocenters. The zero-order valence-corrected chi connectivity index (χ0v) is 18.2. The Morgan fingerprint density at radius 3 is 2.24 bits per heavy atom. The number of ether oxygens (including phenoxy) is 2. The molecule has 1 heterocycles. The summed E-state index contributed by atoms with van der Waals surface area (Å²) in [5, 5.41) is 17.9. The highest BCUT2D eigenvalue weighted by Crippen LogP contribution is 2.39. The Labute approximate surface area is 184 Å². The maximum absolute atomic E-state index is 11.8. The van der Waals surface area contributed by atoms with Gasteiger partial charge in [-0.05, 0) is 52.9 Å². The largest absolute Gasteiger partial charge is 0.495 e. The predicted octanol–water partition coefficient (Wildman–Crippen LogP) is 5.15. The molecule has 0 atom stereocenters. The molecule has 150 valence electrons. The molecular formula is C18H15ClIN5O4. The highest BCUT2D eigenvalue weighted by atomic mass is 127. The van der Waals surface area contributed by atoms with Crippen molar-refractivity contribution in [2.45, 2.75) is 0 Å². The molecule has 11 heteroatoms. The lowest BCUT2D eigenvalue weighted by Gasteiger charge is -2.14. The Morgan fingerprint density at radius 2 is 1.66 bits per heavy atom. The van der Waals surface area contributed by atoms with E-state index < -0.39 is 4.92 Å². The van der Waals surface area contributed by atoms with E-state index in [2.05, 4.69) is 43.2 Å². The lowest BCUT2D eigenvalue weighted by molar-refractivity contribution is -0.383. The van der Waals surface area contributed by atoms with E-state index in [1.807, 2.05) is 12.1 Å². The highest BCUT2D eigenvalue weighted by Gasteiger charge is 2.24. The molecule has 0 saturated heterocycles. The number of halogens is 2. The lowest BCUT2D eigenvalue weighted by Crippen LogP contribution is -2.06. The van der Waals surface area contributed by atoms with Crippen molar-refractivity contribution in [2.24, 2.45) is 0 Å². The molecule has 0 saturated carbocycles. The van der Waals surface area contributed by atoms with Crippen LogP contribution in [0.5, 0.6) is 11.5 Å². The first-order valence-corrected chi connectivity index (χ1v) is 9.59. The molecule has 9 nitrogen and oxygen atoms in total. The monoisotopic (exact) mass is 527 g/mol. The van der Waals surface area contributed by atoms with Crippen LogP contribution in [0, 0.1) is 13.7 Å². The van der Waals surface area contributed by atoms with Crippen LogP contribution in [-0.4, -0.2) is 29.1 Å². The van der Waals surface area contributed by atoms with Crippen LogP contribution in [0.2, 0.25) is 5.02 Å². The van der Waals surface area contributed by atoms with Crippen molar-refractivity contribution < 1.29 is 14.4 Å². The third-order valence-electron chi connectivity index (χ3n) is 3.84. The van der Waals surface area contributed by atoms with Crippen LogP contribution in [0.1, 0.15) is 0 Å². The summed E-state index contributed by atoms with van der Waals surface area (Å²) in [5.74, 6) is 0.823. The number of anilines is 4. The first-order valence-electron chi connectivity index (χ1n) is 8.13. The van der Waals surface area contributed by atoms with Crippen LogP contribution < -0.4 is 20.1 Å². The van der Waals surface area contributed by atoms with Gasteiger partial charge in [0.25, 0.3) is 0 Å². The molecule has 1 aromatic heterocycles. The Hall–Kier alpha value is -2.86. The second-order valence-electron chi connectivity index (χ2n) is 5.62. The van der Waals surface area contributed by atoms with Crippen molar-refractivity contribution in [1.82, 2.24) is 9.97 Å². The molecule has 0 aliphatic carbocycles. The summed E-state index contributed by atoms with van der Waals surface area (Å²) in [4.78, 5) is 19.3. The van der Waals surface area contributed by atoms with E-state index in [9.17, 15) is 10.1 Å². The SMILES string of the molecule is COc1cc(OC)c(Nc2ncnc(Nc3ccc(I)cc3)c2[N+](=O)[O-])cc1Cl. The van der Waals surface area contributed by atoms with Crippen LogP contribution in [-0.2, 0) is 0 Å². The second kappa shape index (κ2) is 9.09. The molecular weight excluding hydrogens is 513 g/mol. The van der Waals surface area contributed by atoms with Crippen LogP contribution >= 0.6 is 34.2 Å². The molecule has 2 N–H and O–H groups in total. The molecule has 3 aromatic rings. The molecule has 0 aliphatic rings. The number of benzene rings is 2. The number of aromatic nitrogens is 2. The van der Waals surface area contributed by atoms with E-state index in [1.165, 1.54) is 26.6 Å². The summed E-state index contributed by atoms with van der Waals surface area (Å²) >= 11 is 8.35. The molecule has 0 radical (unpaired) electrons. The van der Waals surface area contributed by atoms with Crippen molar-refractivity contribution in [1.29, 1.82) is 0 Å². The van der Waals surface area contributed by atoms with Crippen molar-refractivity contribution in [3.05, 3.63) is 61.4 Å². The van der Waals surface area contributed by atoms with Crippen molar-refractivity contribution in [2.75, 3.05) is 24.9 Å². The number of hydrogen-bond donors (Lipinski definition) is 2. The van der Waals surface area contributed by atoms with Gasteiger partial charge in [-0.15, -0.1) is 0 Å². The zero-order valence-electron chi connectivity index (χ0n) is 15.3. The maximum atomic E-state index is 11.8. The van der Waals surface area contributed by atoms with Crippen molar-refractivity contribution in [3.63, 3.8) is 0 Å². The number of nitrogens with zero attached hydrogens (tertiary/aromatic N) is 3. The van der Waals surface area contributed by atoms with Gasteiger partial charge in [0, 0.05) is 15.3 Å². The number of methoxy groups -OCH3 is 2. The fourth-order valence-corrected chi connectivity index (χ4v) is 3.09. The number of rotatable bonds is 7. The first-order chi connectivity index (χ1) is 13.9. The zero-order chi connectivity index (χ0) is 21.0. The van der Waals surface area contributed by atoms with Gasteiger partial charge in [-0.25, -0.2) is 9.97 Å². The van der Waals surface area contributed by atoms with E-state index in [4.69, 9.17) is 21.1 Å². The van der Waals surface area contributed by atoms with Gasteiger partial charge in [0.1, 0.15) is 17.8 Å². The molecule has 0 bridgehead atoms. The number of nitro groups is 1. The maximum Gasteiger partial charge on any atom is 0.353 e. The Bertz CT molecular complexity index is 1050. The number of hydrogen-bond acceptors (Lipinski definition) is 8. The summed E-state index contributed by atoms with van der Waals surface area (Å²) in [6, 6.07) is 10.5. The van der Waals surface area contributed by atoms with Gasteiger partial charge in [0.05, 0.1) is 29.9 Å². The van der Waals surface area contributed by atoms with Gasteiger partial charge < -0.3 is 20.1 Å². The van der Waals surface area contributed by atoms with Gasteiger partial charge >= 0.3 is 5.69 Å². The average Bonchev–Trinajstić information content (AvgIpc) is 2.70. The van der Waals surface area contributed by atoms with Gasteiger partial charge in [-0.1, -0.05) is 11.6 Å². The smallest absolute Gasteiger partial charge is 0.353 e. The molecule has 0 amide bonds. The summed E-state index contributed by atoms with van der Waals surface area (Å²) in [6.45, 7) is 0. The molecule has 29 heavy (non-hydrogen) atoms. The quantitative estimate of drug-likeness (QED) is 0.247. The van der Waals surface area contributed by atoms with Crippen molar-refractivity contribution in [3.8, 4) is 11.5 Å². The molecule has 2 aromatic carbocycles. The van der Waals surface area contributed by atoms with Crippen LogP contribution in [0.4, 0.5) is 28.7 Å². The normalized spacial score (nSPS) is 10.3. The minimum absolute atomic E-state index is 0.0162.